The molecule has 3 aromatic rings. The molecule has 0 bridgehead atoms. The van der Waals surface area contributed by atoms with Gasteiger partial charge < -0.3 is 11.5 Å². The second-order valence-electron chi connectivity index (χ2n) is 7.46. The Balaban J connectivity index is 1.95. The molecule has 0 saturated heterocycles. The number of nitrogens with two attached hydrogens (primary N) is 2. The minimum Gasteiger partial charge on any atom is -0.366 e. The molecule has 1 saturated carbocycles. The highest BCUT2D eigenvalue weighted by Gasteiger charge is 2.28. The van der Waals surface area contributed by atoms with Gasteiger partial charge in [-0.05, 0) is 37.8 Å². The van der Waals surface area contributed by atoms with E-state index in [-0.39, 0.29) is 22.3 Å². The molecule has 1 aromatic carbocycles. The lowest BCUT2D eigenvalue weighted by molar-refractivity contribution is 0.0996. The first-order chi connectivity index (χ1) is 13.9. The highest BCUT2D eigenvalue weighted by Crippen LogP contribution is 2.34. The summed E-state index contributed by atoms with van der Waals surface area (Å²) >= 11 is 0. The molecule has 150 valence electrons. The van der Waals surface area contributed by atoms with Crippen LogP contribution >= 0.6 is 0 Å². The van der Waals surface area contributed by atoms with Crippen molar-refractivity contribution in [3.63, 3.8) is 0 Å². The molecule has 0 atom stereocenters. The Hall–Kier alpha value is -3.36. The number of aromatic nitrogens is 4. The largest absolute Gasteiger partial charge is 0.366 e. The van der Waals surface area contributed by atoms with E-state index in [0.717, 1.165) is 18.9 Å². The molecule has 4 rings (SSSR count). The third kappa shape index (κ3) is 3.32. The van der Waals surface area contributed by atoms with Gasteiger partial charge >= 0.3 is 0 Å². The summed E-state index contributed by atoms with van der Waals surface area (Å²) in [5.74, 6) is -1.68. The van der Waals surface area contributed by atoms with Gasteiger partial charge in [-0.3, -0.25) is 9.59 Å². The normalized spacial score (nSPS) is 14.6. The van der Waals surface area contributed by atoms with Gasteiger partial charge in [0.05, 0.1) is 16.8 Å². The number of pyridine rings is 1. The molecule has 0 unspecified atom stereocenters. The molecule has 2 heterocycles. The van der Waals surface area contributed by atoms with Crippen molar-refractivity contribution in [3.05, 3.63) is 41.0 Å². The van der Waals surface area contributed by atoms with Crippen molar-refractivity contribution in [1.82, 2.24) is 20.0 Å². The maximum atomic E-state index is 13.7. The van der Waals surface area contributed by atoms with Crippen LogP contribution in [0.25, 0.3) is 22.2 Å². The van der Waals surface area contributed by atoms with Crippen molar-refractivity contribution in [2.45, 2.75) is 39.2 Å². The van der Waals surface area contributed by atoms with Gasteiger partial charge in [0.2, 0.25) is 5.91 Å². The van der Waals surface area contributed by atoms with Gasteiger partial charge in [0.1, 0.15) is 17.2 Å². The van der Waals surface area contributed by atoms with Crippen molar-refractivity contribution >= 4 is 22.7 Å². The zero-order valence-corrected chi connectivity index (χ0v) is 16.0. The molecule has 0 radical (unpaired) electrons. The second kappa shape index (κ2) is 7.23. The SMILES string of the molecule is Cc1c(-c2c(C(N)=O)nc3cc(F)ccc3c2C(N)=O)nnn1CC1CCCC1. The number of halogens is 1. The molecule has 0 aliphatic heterocycles. The lowest BCUT2D eigenvalue weighted by atomic mass is 9.96. The lowest BCUT2D eigenvalue weighted by Gasteiger charge is -2.14. The Labute approximate surface area is 166 Å². The van der Waals surface area contributed by atoms with E-state index in [1.165, 1.54) is 25.0 Å². The van der Waals surface area contributed by atoms with Crippen molar-refractivity contribution < 1.29 is 14.0 Å². The van der Waals surface area contributed by atoms with Gasteiger partial charge in [-0.1, -0.05) is 18.1 Å². The number of carbonyl (C=O) groups is 2. The molecule has 1 aliphatic carbocycles. The molecule has 29 heavy (non-hydrogen) atoms. The first-order valence-electron chi connectivity index (χ1n) is 9.50. The fourth-order valence-electron chi connectivity index (χ4n) is 4.11. The summed E-state index contributed by atoms with van der Waals surface area (Å²) in [6, 6.07) is 3.74. The fraction of sp³-hybridized carbons (Fsp3) is 0.350. The minimum absolute atomic E-state index is 0.0276. The van der Waals surface area contributed by atoms with Crippen LogP contribution in [0.2, 0.25) is 0 Å². The summed E-state index contributed by atoms with van der Waals surface area (Å²) in [5.41, 5.74) is 12.3. The van der Waals surface area contributed by atoms with Crippen molar-refractivity contribution in [2.75, 3.05) is 0 Å². The molecule has 9 heteroatoms. The predicted molar refractivity (Wildman–Crippen MR) is 104 cm³/mol. The summed E-state index contributed by atoms with van der Waals surface area (Å²) in [6.45, 7) is 2.53. The number of amides is 2. The Bertz CT molecular complexity index is 1130. The smallest absolute Gasteiger partial charge is 0.268 e. The van der Waals surface area contributed by atoms with E-state index in [4.69, 9.17) is 11.5 Å². The van der Waals surface area contributed by atoms with Crippen LogP contribution in [0.15, 0.2) is 18.2 Å². The van der Waals surface area contributed by atoms with Crippen LogP contribution in [-0.4, -0.2) is 31.8 Å². The zero-order chi connectivity index (χ0) is 20.7. The van der Waals surface area contributed by atoms with Crippen LogP contribution in [0.5, 0.6) is 0 Å². The molecule has 0 spiro atoms. The highest BCUT2D eigenvalue weighted by atomic mass is 19.1. The first-order valence-corrected chi connectivity index (χ1v) is 9.50. The number of hydrogen-bond donors (Lipinski definition) is 2. The maximum Gasteiger partial charge on any atom is 0.268 e. The molecular formula is C20H21FN6O2. The highest BCUT2D eigenvalue weighted by molar-refractivity contribution is 6.15. The van der Waals surface area contributed by atoms with Gasteiger partial charge in [0, 0.05) is 23.6 Å². The number of fused-ring (bicyclic) bond motifs is 1. The zero-order valence-electron chi connectivity index (χ0n) is 16.0. The van der Waals surface area contributed by atoms with Crippen LogP contribution in [0.1, 0.15) is 52.2 Å². The molecule has 1 aliphatic rings. The fourth-order valence-corrected chi connectivity index (χ4v) is 4.11. The predicted octanol–water partition coefficient (Wildman–Crippen LogP) is 2.33. The topological polar surface area (TPSA) is 130 Å². The number of rotatable bonds is 5. The summed E-state index contributed by atoms with van der Waals surface area (Å²) in [6.07, 6.45) is 4.68. The van der Waals surface area contributed by atoms with E-state index in [2.05, 4.69) is 15.3 Å². The minimum atomic E-state index is -0.863. The van der Waals surface area contributed by atoms with Crippen molar-refractivity contribution in [1.29, 1.82) is 0 Å². The molecule has 1 fully saturated rings. The third-order valence-electron chi connectivity index (χ3n) is 5.55. The summed E-state index contributed by atoms with van der Waals surface area (Å²) in [5, 5.41) is 8.77. The number of nitrogens with zero attached hydrogens (tertiary/aromatic N) is 4. The van der Waals surface area contributed by atoms with Gasteiger partial charge in [-0.25, -0.2) is 14.1 Å². The number of hydrogen-bond acceptors (Lipinski definition) is 5. The Morgan fingerprint density at radius 1 is 1.21 bits per heavy atom. The Morgan fingerprint density at radius 3 is 2.59 bits per heavy atom. The molecule has 8 nitrogen and oxygen atoms in total. The van der Waals surface area contributed by atoms with Gasteiger partial charge in [-0.2, -0.15) is 0 Å². The van der Waals surface area contributed by atoms with E-state index in [9.17, 15) is 14.0 Å². The van der Waals surface area contributed by atoms with Crippen LogP contribution in [0, 0.1) is 18.7 Å². The quantitative estimate of drug-likeness (QED) is 0.683. The van der Waals surface area contributed by atoms with Gasteiger partial charge in [-0.15, -0.1) is 5.10 Å². The van der Waals surface area contributed by atoms with E-state index in [1.807, 2.05) is 6.92 Å². The van der Waals surface area contributed by atoms with Crippen LogP contribution in [0.3, 0.4) is 0 Å². The van der Waals surface area contributed by atoms with Crippen molar-refractivity contribution in [2.24, 2.45) is 17.4 Å². The van der Waals surface area contributed by atoms with Crippen LogP contribution in [-0.2, 0) is 6.54 Å². The first kappa shape index (κ1) is 19.0. The number of primary amides is 2. The second-order valence-corrected chi connectivity index (χ2v) is 7.46. The monoisotopic (exact) mass is 396 g/mol. The van der Waals surface area contributed by atoms with Crippen molar-refractivity contribution in [3.8, 4) is 11.3 Å². The Morgan fingerprint density at radius 2 is 1.93 bits per heavy atom. The molecule has 2 aromatic heterocycles. The molecular weight excluding hydrogens is 375 g/mol. The van der Waals surface area contributed by atoms with Crippen LogP contribution < -0.4 is 11.5 Å². The maximum absolute atomic E-state index is 13.7. The summed E-state index contributed by atoms with van der Waals surface area (Å²) < 4.78 is 15.5. The van der Waals surface area contributed by atoms with E-state index in [0.29, 0.717) is 29.2 Å². The summed E-state index contributed by atoms with van der Waals surface area (Å²) in [7, 11) is 0. The van der Waals surface area contributed by atoms with E-state index in [1.54, 1.807) is 4.68 Å². The average Bonchev–Trinajstić information content (AvgIpc) is 3.30. The van der Waals surface area contributed by atoms with Gasteiger partial charge in [0.15, 0.2) is 0 Å². The standard InChI is InChI=1S/C20H21FN6O2/c1-10-17(25-26-27(10)9-11-4-2-3-5-11)16-15(19(22)28)13-7-6-12(21)8-14(13)24-18(16)20(23)29/h6-8,11H,2-5,9H2,1H3,(H2,22,28)(H2,23,29). The molecule has 4 N–H and O–H groups in total. The van der Waals surface area contributed by atoms with Crippen LogP contribution in [0.4, 0.5) is 4.39 Å². The summed E-state index contributed by atoms with van der Waals surface area (Å²) in [4.78, 5) is 28.7. The molecule has 2 amide bonds. The van der Waals surface area contributed by atoms with Gasteiger partial charge in [0.25, 0.3) is 5.91 Å². The lowest BCUT2D eigenvalue weighted by Crippen LogP contribution is -2.21. The van der Waals surface area contributed by atoms with E-state index >= 15 is 0 Å². The number of carbonyl (C=O) groups excluding carboxylic acids is 2. The van der Waals surface area contributed by atoms with E-state index < -0.39 is 17.6 Å². The average molecular weight is 396 g/mol. The Kier molecular flexibility index (Phi) is 4.73. The number of benzene rings is 1. The third-order valence-corrected chi connectivity index (χ3v) is 5.55.